The van der Waals surface area contributed by atoms with Gasteiger partial charge in [-0.2, -0.15) is 5.26 Å². The molecule has 1 aliphatic rings. The largest absolute Gasteiger partial charge is 0.334 e. The third kappa shape index (κ3) is 2.09. The van der Waals surface area contributed by atoms with Gasteiger partial charge >= 0.3 is 0 Å². The molecule has 1 aliphatic heterocycles. The summed E-state index contributed by atoms with van der Waals surface area (Å²) in [6.45, 7) is 3.09. The van der Waals surface area contributed by atoms with Crippen LogP contribution >= 0.6 is 11.6 Å². The highest BCUT2D eigenvalue weighted by Gasteiger charge is 2.31. The van der Waals surface area contributed by atoms with E-state index in [0.717, 1.165) is 11.2 Å². The molecule has 1 atom stereocenters. The fraction of sp³-hybridized carbons (Fsp3) is 0.235. The Morgan fingerprint density at radius 1 is 1.38 bits per heavy atom. The van der Waals surface area contributed by atoms with E-state index < -0.39 is 0 Å². The summed E-state index contributed by atoms with van der Waals surface area (Å²) >= 11 is 6.13. The van der Waals surface area contributed by atoms with E-state index >= 15 is 0 Å². The lowest BCUT2D eigenvalue weighted by Crippen LogP contribution is -2.41. The molecule has 1 aromatic carbocycles. The van der Waals surface area contributed by atoms with Crippen molar-refractivity contribution in [3.05, 3.63) is 52.6 Å². The van der Waals surface area contributed by atoms with Gasteiger partial charge in [0.2, 0.25) is 0 Å². The van der Waals surface area contributed by atoms with Gasteiger partial charge < -0.3 is 14.5 Å². The van der Waals surface area contributed by atoms with Gasteiger partial charge in [-0.1, -0.05) is 17.7 Å². The first kappa shape index (κ1) is 14.8. The number of hydrogen-bond acceptors (Lipinski definition) is 3. The van der Waals surface area contributed by atoms with Crippen LogP contribution in [0.1, 0.15) is 35.0 Å². The Morgan fingerprint density at radius 2 is 2.21 bits per heavy atom. The van der Waals surface area contributed by atoms with Crippen molar-refractivity contribution in [2.45, 2.75) is 19.5 Å². The Morgan fingerprint density at radius 3 is 2.96 bits per heavy atom. The van der Waals surface area contributed by atoms with Gasteiger partial charge in [-0.05, 0) is 31.2 Å². The lowest BCUT2D eigenvalue weighted by molar-refractivity contribution is 0.0632. The second kappa shape index (κ2) is 5.39. The maximum Gasteiger partial charge on any atom is 0.290 e. The van der Waals surface area contributed by atoms with Crippen molar-refractivity contribution in [2.75, 3.05) is 6.54 Å². The maximum absolute atomic E-state index is 12.9. The Labute approximate surface area is 143 Å². The van der Waals surface area contributed by atoms with Crippen molar-refractivity contribution < 1.29 is 4.79 Å². The minimum atomic E-state index is -0.166. The molecule has 3 aromatic rings. The molecule has 0 fully saturated rings. The average Bonchev–Trinajstić information content (AvgIpc) is 3.19. The van der Waals surface area contributed by atoms with Crippen molar-refractivity contribution in [3.8, 4) is 6.07 Å². The molecule has 6 nitrogen and oxygen atoms in total. The van der Waals surface area contributed by atoms with Gasteiger partial charge in [0.25, 0.3) is 5.91 Å². The fourth-order valence-electron chi connectivity index (χ4n) is 3.27. The number of aromatic nitrogens is 3. The molecule has 24 heavy (non-hydrogen) atoms. The highest BCUT2D eigenvalue weighted by molar-refractivity contribution is 6.35. The van der Waals surface area contributed by atoms with Crippen molar-refractivity contribution in [1.29, 1.82) is 5.26 Å². The Hall–Kier alpha value is -2.78. The maximum atomic E-state index is 12.9. The molecule has 7 heteroatoms. The van der Waals surface area contributed by atoms with E-state index in [4.69, 9.17) is 16.9 Å². The summed E-state index contributed by atoms with van der Waals surface area (Å²) < 4.78 is 1.96. The number of H-pyrrole nitrogens is 1. The summed E-state index contributed by atoms with van der Waals surface area (Å²) in [4.78, 5) is 22.1. The number of carbonyl (C=O) groups excluding carboxylic acids is 1. The number of benzene rings is 1. The smallest absolute Gasteiger partial charge is 0.290 e. The fourth-order valence-corrected chi connectivity index (χ4v) is 3.49. The predicted molar refractivity (Wildman–Crippen MR) is 89.7 cm³/mol. The van der Waals surface area contributed by atoms with Gasteiger partial charge in [0.15, 0.2) is 5.82 Å². The highest BCUT2D eigenvalue weighted by Crippen LogP contribution is 2.29. The molecule has 4 rings (SSSR count). The molecule has 1 amide bonds. The quantitative estimate of drug-likeness (QED) is 0.740. The average molecular weight is 340 g/mol. The minimum absolute atomic E-state index is 0.128. The van der Waals surface area contributed by atoms with Gasteiger partial charge in [-0.25, -0.2) is 4.98 Å². The number of imidazole rings is 1. The molecule has 120 valence electrons. The van der Waals surface area contributed by atoms with Crippen LogP contribution in [0.5, 0.6) is 0 Å². The number of halogens is 1. The molecule has 1 unspecified atom stereocenters. The zero-order valence-corrected chi connectivity index (χ0v) is 13.7. The van der Waals surface area contributed by atoms with Crippen molar-refractivity contribution in [1.82, 2.24) is 19.4 Å². The van der Waals surface area contributed by atoms with E-state index in [-0.39, 0.29) is 17.8 Å². The Balaban J connectivity index is 1.69. The molecule has 0 bridgehead atoms. The molecular weight excluding hydrogens is 326 g/mol. The summed E-state index contributed by atoms with van der Waals surface area (Å²) in [7, 11) is 0. The molecule has 1 N–H and O–H groups in total. The molecule has 0 saturated carbocycles. The van der Waals surface area contributed by atoms with Crippen LogP contribution in [-0.4, -0.2) is 31.9 Å². The molecule has 3 heterocycles. The molecule has 0 spiro atoms. The van der Waals surface area contributed by atoms with E-state index in [0.29, 0.717) is 29.3 Å². The minimum Gasteiger partial charge on any atom is -0.334 e. The summed E-state index contributed by atoms with van der Waals surface area (Å²) in [5.74, 6) is 0.117. The van der Waals surface area contributed by atoms with Crippen LogP contribution in [0.3, 0.4) is 0 Å². The molecule has 2 aromatic heterocycles. The Bertz CT molecular complexity index is 996. The van der Waals surface area contributed by atoms with E-state index in [2.05, 4.69) is 16.0 Å². The van der Waals surface area contributed by atoms with Crippen LogP contribution in [-0.2, 0) is 6.54 Å². The first-order valence-corrected chi connectivity index (χ1v) is 8.02. The van der Waals surface area contributed by atoms with Crippen LogP contribution in [0, 0.1) is 11.3 Å². The molecule has 0 aliphatic carbocycles. The molecule has 0 radical (unpaired) electrons. The predicted octanol–water partition coefficient (Wildman–Crippen LogP) is 3.11. The summed E-state index contributed by atoms with van der Waals surface area (Å²) in [6.07, 6.45) is 0. The number of nitrogens with one attached hydrogen (secondary N) is 1. The highest BCUT2D eigenvalue weighted by atomic mass is 35.5. The number of rotatable bonds is 1. The van der Waals surface area contributed by atoms with Gasteiger partial charge in [0, 0.05) is 18.8 Å². The van der Waals surface area contributed by atoms with Crippen LogP contribution in [0.2, 0.25) is 5.02 Å². The monoisotopic (exact) mass is 339 g/mol. The van der Waals surface area contributed by atoms with Gasteiger partial charge in [-0.15, -0.1) is 0 Å². The summed E-state index contributed by atoms with van der Waals surface area (Å²) in [5, 5.41) is 9.67. The number of nitriles is 1. The van der Waals surface area contributed by atoms with E-state index in [1.807, 2.05) is 29.7 Å². The van der Waals surface area contributed by atoms with Crippen LogP contribution in [0.15, 0.2) is 30.3 Å². The third-order valence-electron chi connectivity index (χ3n) is 4.52. The van der Waals surface area contributed by atoms with Crippen molar-refractivity contribution in [2.24, 2.45) is 0 Å². The SMILES string of the molecule is CC1c2ccc(C#N)n2CCN1C(=O)c1nc2c(Cl)cccc2[nH]1. The second-order valence-electron chi connectivity index (χ2n) is 5.80. The van der Waals surface area contributed by atoms with E-state index in [1.54, 1.807) is 17.0 Å². The number of fused-ring (bicyclic) bond motifs is 2. The van der Waals surface area contributed by atoms with Gasteiger partial charge in [0.1, 0.15) is 17.3 Å². The molecular formula is C17H14ClN5O. The lowest BCUT2D eigenvalue weighted by atomic mass is 10.1. The van der Waals surface area contributed by atoms with Crippen molar-refractivity contribution in [3.63, 3.8) is 0 Å². The van der Waals surface area contributed by atoms with E-state index in [1.165, 1.54) is 0 Å². The number of carbonyl (C=O) groups is 1. The second-order valence-corrected chi connectivity index (χ2v) is 6.21. The Kier molecular flexibility index (Phi) is 3.32. The van der Waals surface area contributed by atoms with E-state index in [9.17, 15) is 4.79 Å². The molecule has 0 saturated heterocycles. The zero-order chi connectivity index (χ0) is 16.8. The number of para-hydroxylation sites is 1. The first-order valence-electron chi connectivity index (χ1n) is 7.65. The van der Waals surface area contributed by atoms with Crippen molar-refractivity contribution >= 4 is 28.5 Å². The normalized spacial score (nSPS) is 16.9. The first-order chi connectivity index (χ1) is 11.6. The third-order valence-corrected chi connectivity index (χ3v) is 4.82. The van der Waals surface area contributed by atoms with Crippen LogP contribution in [0.25, 0.3) is 11.0 Å². The zero-order valence-electron chi connectivity index (χ0n) is 13.0. The standard InChI is InChI=1S/C17H14ClN5O/c1-10-14-6-5-11(9-19)23(14)8-7-22(10)17(24)16-20-13-4-2-3-12(18)15(13)21-16/h2-6,10H,7-8H2,1H3,(H,20,21). The number of nitrogens with zero attached hydrogens (tertiary/aromatic N) is 4. The lowest BCUT2D eigenvalue weighted by Gasteiger charge is -2.34. The number of hydrogen-bond donors (Lipinski definition) is 1. The number of amides is 1. The van der Waals surface area contributed by atoms with Crippen LogP contribution < -0.4 is 0 Å². The number of aromatic amines is 1. The van der Waals surface area contributed by atoms with Crippen LogP contribution in [0.4, 0.5) is 0 Å². The summed E-state index contributed by atoms with van der Waals surface area (Å²) in [5.41, 5.74) is 2.92. The van der Waals surface area contributed by atoms with Gasteiger partial charge in [0.05, 0.1) is 16.6 Å². The topological polar surface area (TPSA) is 77.7 Å². The van der Waals surface area contributed by atoms with Gasteiger partial charge in [-0.3, -0.25) is 4.79 Å². The summed E-state index contributed by atoms with van der Waals surface area (Å²) in [6, 6.07) is 11.2.